The smallest absolute Gasteiger partial charge is 0.178 e. The summed E-state index contributed by atoms with van der Waals surface area (Å²) in [5.74, 6) is 0.138. The van der Waals surface area contributed by atoms with Gasteiger partial charge in [-0.2, -0.15) is 0 Å². The molecule has 0 fully saturated rings. The van der Waals surface area contributed by atoms with Crippen LogP contribution in [0, 0.1) is 0 Å². The average Bonchev–Trinajstić information content (AvgIpc) is 2.37. The van der Waals surface area contributed by atoms with E-state index in [0.717, 1.165) is 0 Å². The van der Waals surface area contributed by atoms with Crippen molar-refractivity contribution in [1.29, 1.82) is 0 Å². The molecule has 1 unspecified atom stereocenters. The molecule has 0 spiro atoms. The maximum Gasteiger partial charge on any atom is 0.178 e. The summed E-state index contributed by atoms with van der Waals surface area (Å²) in [6.45, 7) is 3.18. The van der Waals surface area contributed by atoms with Crippen molar-refractivity contribution in [3.8, 4) is 0 Å². The number of aliphatic hydroxyl groups is 2. The van der Waals surface area contributed by atoms with Crippen molar-refractivity contribution in [1.82, 2.24) is 0 Å². The van der Waals surface area contributed by atoms with Crippen LogP contribution in [0.3, 0.4) is 0 Å². The second-order valence-corrected chi connectivity index (χ2v) is 6.96. The third-order valence-corrected chi connectivity index (χ3v) is 4.64. The lowest BCUT2D eigenvalue weighted by molar-refractivity contribution is 0.0132. The lowest BCUT2D eigenvalue weighted by atomic mass is 10.1. The number of nitrogens with one attached hydrogen (secondary N) is 1. The molecule has 1 atom stereocenters. The van der Waals surface area contributed by atoms with E-state index in [4.69, 9.17) is 5.11 Å². The number of aliphatic hydroxyl groups excluding tert-OH is 1. The molecule has 0 amide bonds. The molecule has 5 nitrogen and oxygen atoms in total. The largest absolute Gasteiger partial charge is 0.393 e. The zero-order valence-corrected chi connectivity index (χ0v) is 12.1. The van der Waals surface area contributed by atoms with Gasteiger partial charge in [0.15, 0.2) is 9.84 Å². The standard InChI is InChI=1S/C13H21NO4S/c1-3-8-19(17,18)12-6-4-11(5-7-12)14-9-13(2,16)10-15/h4-7,14-16H,3,8-10H2,1-2H3. The summed E-state index contributed by atoms with van der Waals surface area (Å²) < 4.78 is 23.6. The lowest BCUT2D eigenvalue weighted by Crippen LogP contribution is -2.37. The van der Waals surface area contributed by atoms with Gasteiger partial charge in [0, 0.05) is 12.2 Å². The second-order valence-electron chi connectivity index (χ2n) is 4.85. The molecule has 0 aromatic heterocycles. The summed E-state index contributed by atoms with van der Waals surface area (Å²) >= 11 is 0. The minimum atomic E-state index is -3.19. The van der Waals surface area contributed by atoms with Crippen LogP contribution < -0.4 is 5.32 Å². The molecule has 1 rings (SSSR count). The molecule has 1 aromatic carbocycles. The quantitative estimate of drug-likeness (QED) is 0.697. The predicted molar refractivity (Wildman–Crippen MR) is 75.0 cm³/mol. The number of hydrogen-bond acceptors (Lipinski definition) is 5. The minimum Gasteiger partial charge on any atom is -0.393 e. The van der Waals surface area contributed by atoms with Crippen molar-refractivity contribution < 1.29 is 18.6 Å². The van der Waals surface area contributed by atoms with Gasteiger partial charge in [0.05, 0.1) is 17.3 Å². The van der Waals surface area contributed by atoms with Crippen LogP contribution in [0.1, 0.15) is 20.3 Å². The van der Waals surface area contributed by atoms with Crippen LogP contribution in [0.2, 0.25) is 0 Å². The first-order valence-corrected chi connectivity index (χ1v) is 7.86. The number of benzene rings is 1. The maximum atomic E-state index is 11.8. The van der Waals surface area contributed by atoms with Crippen molar-refractivity contribution in [2.45, 2.75) is 30.8 Å². The monoisotopic (exact) mass is 287 g/mol. The summed E-state index contributed by atoms with van der Waals surface area (Å²) in [6.07, 6.45) is 0.585. The summed E-state index contributed by atoms with van der Waals surface area (Å²) in [7, 11) is -3.19. The Morgan fingerprint density at radius 3 is 2.32 bits per heavy atom. The zero-order valence-electron chi connectivity index (χ0n) is 11.3. The fraction of sp³-hybridized carbons (Fsp3) is 0.538. The molecule has 3 N–H and O–H groups in total. The fourth-order valence-electron chi connectivity index (χ4n) is 1.52. The van der Waals surface area contributed by atoms with E-state index in [1.165, 1.54) is 6.92 Å². The average molecular weight is 287 g/mol. The Kier molecular flexibility index (Phi) is 5.34. The SMILES string of the molecule is CCCS(=O)(=O)c1ccc(NCC(C)(O)CO)cc1. The molecule has 19 heavy (non-hydrogen) atoms. The van der Waals surface area contributed by atoms with Gasteiger partial charge in [0.1, 0.15) is 5.60 Å². The maximum absolute atomic E-state index is 11.8. The van der Waals surface area contributed by atoms with Crippen LogP contribution in [-0.4, -0.2) is 43.1 Å². The van der Waals surface area contributed by atoms with E-state index in [-0.39, 0.29) is 18.9 Å². The molecule has 0 aliphatic heterocycles. The Hall–Kier alpha value is -1.11. The highest BCUT2D eigenvalue weighted by atomic mass is 32.2. The number of sulfone groups is 1. The van der Waals surface area contributed by atoms with Gasteiger partial charge in [-0.05, 0) is 37.6 Å². The molecule has 0 saturated heterocycles. The molecule has 6 heteroatoms. The minimum absolute atomic E-state index is 0.138. The highest BCUT2D eigenvalue weighted by Crippen LogP contribution is 2.16. The molecular weight excluding hydrogens is 266 g/mol. The molecule has 0 saturated carbocycles. The van der Waals surface area contributed by atoms with Crippen LogP contribution in [0.5, 0.6) is 0 Å². The lowest BCUT2D eigenvalue weighted by Gasteiger charge is -2.21. The van der Waals surface area contributed by atoms with Crippen LogP contribution in [0.4, 0.5) is 5.69 Å². The van der Waals surface area contributed by atoms with Gasteiger partial charge >= 0.3 is 0 Å². The molecule has 0 aliphatic rings. The Bertz CT molecular complexity index is 494. The normalized spacial score (nSPS) is 14.9. The van der Waals surface area contributed by atoms with Crippen molar-refractivity contribution in [3.63, 3.8) is 0 Å². The van der Waals surface area contributed by atoms with E-state index in [1.807, 2.05) is 6.92 Å². The molecule has 0 radical (unpaired) electrons. The van der Waals surface area contributed by atoms with Crippen LogP contribution in [0.15, 0.2) is 29.2 Å². The predicted octanol–water partition coefficient (Wildman–Crippen LogP) is 1.03. The van der Waals surface area contributed by atoms with E-state index < -0.39 is 15.4 Å². The van der Waals surface area contributed by atoms with E-state index in [9.17, 15) is 13.5 Å². The van der Waals surface area contributed by atoms with Crippen molar-refractivity contribution >= 4 is 15.5 Å². The van der Waals surface area contributed by atoms with Gasteiger partial charge in [-0.15, -0.1) is 0 Å². The molecule has 0 bridgehead atoms. The van der Waals surface area contributed by atoms with Gasteiger partial charge in [0.2, 0.25) is 0 Å². The molecular formula is C13H21NO4S. The summed E-state index contributed by atoms with van der Waals surface area (Å²) in [6, 6.07) is 6.38. The van der Waals surface area contributed by atoms with E-state index >= 15 is 0 Å². The highest BCUT2D eigenvalue weighted by molar-refractivity contribution is 7.91. The van der Waals surface area contributed by atoms with Crippen LogP contribution >= 0.6 is 0 Å². The topological polar surface area (TPSA) is 86.6 Å². The van der Waals surface area contributed by atoms with E-state index in [2.05, 4.69) is 5.32 Å². The van der Waals surface area contributed by atoms with E-state index in [0.29, 0.717) is 17.0 Å². The van der Waals surface area contributed by atoms with Crippen molar-refractivity contribution in [3.05, 3.63) is 24.3 Å². The van der Waals surface area contributed by atoms with Gasteiger partial charge in [-0.1, -0.05) is 6.92 Å². The summed E-state index contributed by atoms with van der Waals surface area (Å²) in [5, 5.41) is 21.5. The molecule has 108 valence electrons. The zero-order chi connectivity index (χ0) is 14.5. The first kappa shape index (κ1) is 15.9. The Balaban J connectivity index is 2.72. The summed E-state index contributed by atoms with van der Waals surface area (Å²) in [4.78, 5) is 0.300. The van der Waals surface area contributed by atoms with Gasteiger partial charge in [-0.3, -0.25) is 0 Å². The second kappa shape index (κ2) is 6.36. The Morgan fingerprint density at radius 2 is 1.84 bits per heavy atom. The van der Waals surface area contributed by atoms with Gasteiger partial charge in [-0.25, -0.2) is 8.42 Å². The molecule has 0 heterocycles. The van der Waals surface area contributed by atoms with Gasteiger partial charge in [0.25, 0.3) is 0 Å². The van der Waals surface area contributed by atoms with Crippen LogP contribution in [0.25, 0.3) is 0 Å². The fourth-order valence-corrected chi connectivity index (χ4v) is 2.84. The Labute approximate surface area is 114 Å². The number of hydrogen-bond donors (Lipinski definition) is 3. The van der Waals surface area contributed by atoms with Gasteiger partial charge < -0.3 is 15.5 Å². The first-order valence-electron chi connectivity index (χ1n) is 6.21. The third kappa shape index (κ3) is 4.81. The number of anilines is 1. The van der Waals surface area contributed by atoms with Crippen molar-refractivity contribution in [2.75, 3.05) is 24.2 Å². The van der Waals surface area contributed by atoms with Crippen molar-refractivity contribution in [2.24, 2.45) is 0 Å². The summed E-state index contributed by atoms with van der Waals surface area (Å²) in [5.41, 5.74) is -0.503. The molecule has 0 aliphatic carbocycles. The Morgan fingerprint density at radius 1 is 1.26 bits per heavy atom. The molecule has 1 aromatic rings. The highest BCUT2D eigenvalue weighted by Gasteiger charge is 2.18. The number of rotatable bonds is 7. The van der Waals surface area contributed by atoms with E-state index in [1.54, 1.807) is 24.3 Å². The first-order chi connectivity index (χ1) is 8.80. The van der Waals surface area contributed by atoms with Crippen LogP contribution in [-0.2, 0) is 9.84 Å². The third-order valence-electron chi connectivity index (χ3n) is 2.70.